The van der Waals surface area contributed by atoms with Crippen LogP contribution in [0, 0.1) is 0 Å². The molecule has 3 rings (SSSR count). The summed E-state index contributed by atoms with van der Waals surface area (Å²) in [5.41, 5.74) is 1.11. The van der Waals surface area contributed by atoms with Crippen LogP contribution in [0.2, 0.25) is 0 Å². The number of benzene rings is 1. The van der Waals surface area contributed by atoms with Crippen molar-refractivity contribution in [2.75, 3.05) is 27.3 Å². The zero-order chi connectivity index (χ0) is 16.9. The molecule has 1 aromatic heterocycles. The smallest absolute Gasteiger partial charge is 0.224 e. The number of hydrogen-bond acceptors (Lipinski definition) is 4. The first-order valence-electron chi connectivity index (χ1n) is 8.18. The summed E-state index contributed by atoms with van der Waals surface area (Å²) < 4.78 is 12.6. The highest BCUT2D eigenvalue weighted by Crippen LogP contribution is 2.36. The van der Waals surface area contributed by atoms with Gasteiger partial charge in [-0.3, -0.25) is 9.48 Å². The summed E-state index contributed by atoms with van der Waals surface area (Å²) >= 11 is 0. The van der Waals surface area contributed by atoms with Gasteiger partial charge in [0.15, 0.2) is 0 Å². The topological polar surface area (TPSA) is 56.6 Å². The van der Waals surface area contributed by atoms with Gasteiger partial charge in [0.05, 0.1) is 14.2 Å². The van der Waals surface area contributed by atoms with E-state index in [2.05, 4.69) is 5.10 Å². The number of ether oxygens (including phenoxy) is 2. The Kier molecular flexibility index (Phi) is 5.03. The Morgan fingerprint density at radius 2 is 2.21 bits per heavy atom. The summed E-state index contributed by atoms with van der Waals surface area (Å²) in [6.45, 7) is 2.12. The quantitative estimate of drug-likeness (QED) is 0.816. The van der Waals surface area contributed by atoms with Gasteiger partial charge in [0, 0.05) is 49.9 Å². The summed E-state index contributed by atoms with van der Waals surface area (Å²) in [7, 11) is 3.33. The lowest BCUT2D eigenvalue weighted by Crippen LogP contribution is -2.29. The van der Waals surface area contributed by atoms with E-state index < -0.39 is 0 Å². The van der Waals surface area contributed by atoms with Crippen molar-refractivity contribution >= 4 is 5.91 Å². The Labute approximate surface area is 142 Å². The Bertz CT molecular complexity index is 685. The first-order chi connectivity index (χ1) is 11.7. The van der Waals surface area contributed by atoms with Crippen LogP contribution >= 0.6 is 0 Å². The van der Waals surface area contributed by atoms with Gasteiger partial charge in [-0.1, -0.05) is 0 Å². The van der Waals surface area contributed by atoms with E-state index in [4.69, 9.17) is 9.47 Å². The highest BCUT2D eigenvalue weighted by Gasteiger charge is 2.29. The Morgan fingerprint density at radius 1 is 1.33 bits per heavy atom. The van der Waals surface area contributed by atoms with Crippen LogP contribution in [-0.4, -0.2) is 47.9 Å². The summed E-state index contributed by atoms with van der Waals surface area (Å²) in [6, 6.07) is 7.70. The monoisotopic (exact) mass is 329 g/mol. The summed E-state index contributed by atoms with van der Waals surface area (Å²) in [4.78, 5) is 14.4. The predicted octanol–water partition coefficient (Wildman–Crippen LogP) is 2.31. The molecule has 128 valence electrons. The highest BCUT2D eigenvalue weighted by atomic mass is 16.5. The van der Waals surface area contributed by atoms with Crippen LogP contribution in [0.3, 0.4) is 0 Å². The molecule has 6 heteroatoms. The number of amides is 1. The Morgan fingerprint density at radius 3 is 2.92 bits per heavy atom. The molecule has 0 spiro atoms. The lowest BCUT2D eigenvalue weighted by molar-refractivity contribution is -0.130. The number of nitrogens with zero attached hydrogens (tertiary/aromatic N) is 3. The zero-order valence-corrected chi connectivity index (χ0v) is 14.1. The van der Waals surface area contributed by atoms with E-state index in [9.17, 15) is 4.79 Å². The van der Waals surface area contributed by atoms with Gasteiger partial charge in [-0.2, -0.15) is 5.10 Å². The van der Waals surface area contributed by atoms with Crippen LogP contribution < -0.4 is 9.47 Å². The van der Waals surface area contributed by atoms with Gasteiger partial charge in [0.25, 0.3) is 0 Å². The molecule has 1 atom stereocenters. The number of rotatable bonds is 6. The van der Waals surface area contributed by atoms with Crippen molar-refractivity contribution < 1.29 is 14.3 Å². The Hall–Kier alpha value is -2.50. The molecule has 0 N–H and O–H groups in total. The first kappa shape index (κ1) is 16.4. The van der Waals surface area contributed by atoms with Gasteiger partial charge in [-0.25, -0.2) is 0 Å². The molecule has 1 aromatic carbocycles. The second-order valence-corrected chi connectivity index (χ2v) is 5.95. The molecule has 0 unspecified atom stereocenters. The van der Waals surface area contributed by atoms with Crippen molar-refractivity contribution in [2.24, 2.45) is 0 Å². The summed E-state index contributed by atoms with van der Waals surface area (Å²) in [5.74, 6) is 2.12. The molecule has 6 nitrogen and oxygen atoms in total. The van der Waals surface area contributed by atoms with E-state index >= 15 is 0 Å². The molecular formula is C18H23N3O3. The zero-order valence-electron chi connectivity index (χ0n) is 14.1. The van der Waals surface area contributed by atoms with Crippen LogP contribution in [0.25, 0.3) is 0 Å². The van der Waals surface area contributed by atoms with Crippen LogP contribution in [0.5, 0.6) is 11.5 Å². The lowest BCUT2D eigenvalue weighted by atomic mass is 9.97. The average Bonchev–Trinajstić information content (AvgIpc) is 3.30. The van der Waals surface area contributed by atoms with E-state index in [0.29, 0.717) is 13.0 Å². The molecule has 24 heavy (non-hydrogen) atoms. The van der Waals surface area contributed by atoms with Crippen LogP contribution in [0.15, 0.2) is 36.7 Å². The molecule has 1 fully saturated rings. The standard InChI is InChI=1S/C18H23N3O3/c1-23-15-4-5-17(24-2)16(12-15)14-6-10-20(13-14)18(22)7-11-21-9-3-8-19-21/h3-5,8-9,12,14H,6-7,10-11,13H2,1-2H3/t14-/m0/s1. The third-order valence-corrected chi connectivity index (χ3v) is 4.53. The fourth-order valence-corrected chi connectivity index (χ4v) is 3.20. The van der Waals surface area contributed by atoms with E-state index in [0.717, 1.165) is 36.6 Å². The molecule has 0 aliphatic carbocycles. The molecule has 1 aliphatic rings. The Balaban J connectivity index is 1.63. The normalized spacial score (nSPS) is 17.1. The number of likely N-dealkylation sites (tertiary alicyclic amines) is 1. The van der Waals surface area contributed by atoms with Crippen LogP contribution in [0.1, 0.15) is 24.3 Å². The third-order valence-electron chi connectivity index (χ3n) is 4.53. The fourth-order valence-electron chi connectivity index (χ4n) is 3.20. The summed E-state index contributed by atoms with van der Waals surface area (Å²) in [5, 5.41) is 4.13. The van der Waals surface area contributed by atoms with E-state index in [-0.39, 0.29) is 11.8 Å². The highest BCUT2D eigenvalue weighted by molar-refractivity contribution is 5.76. The number of aryl methyl sites for hydroxylation is 1. The van der Waals surface area contributed by atoms with Gasteiger partial charge in [0.1, 0.15) is 11.5 Å². The summed E-state index contributed by atoms with van der Waals surface area (Å²) in [6.07, 6.45) is 5.02. The van der Waals surface area contributed by atoms with Gasteiger partial charge in [0.2, 0.25) is 5.91 Å². The van der Waals surface area contributed by atoms with E-state index in [1.165, 1.54) is 0 Å². The molecule has 2 aromatic rings. The minimum Gasteiger partial charge on any atom is -0.497 e. The van der Waals surface area contributed by atoms with Crippen LogP contribution in [0.4, 0.5) is 0 Å². The minimum atomic E-state index is 0.176. The molecule has 1 saturated heterocycles. The predicted molar refractivity (Wildman–Crippen MR) is 90.3 cm³/mol. The average molecular weight is 329 g/mol. The number of carbonyl (C=O) groups is 1. The maximum atomic E-state index is 12.4. The number of methoxy groups -OCH3 is 2. The van der Waals surface area contributed by atoms with Crippen molar-refractivity contribution in [3.05, 3.63) is 42.2 Å². The van der Waals surface area contributed by atoms with Crippen molar-refractivity contribution in [1.82, 2.24) is 14.7 Å². The maximum Gasteiger partial charge on any atom is 0.224 e. The van der Waals surface area contributed by atoms with Crippen molar-refractivity contribution in [3.63, 3.8) is 0 Å². The first-order valence-corrected chi connectivity index (χ1v) is 8.18. The van der Waals surface area contributed by atoms with Gasteiger partial charge < -0.3 is 14.4 Å². The number of hydrogen-bond donors (Lipinski definition) is 0. The molecule has 0 bridgehead atoms. The number of carbonyl (C=O) groups excluding carboxylic acids is 1. The van der Waals surface area contributed by atoms with Crippen LogP contribution in [-0.2, 0) is 11.3 Å². The van der Waals surface area contributed by atoms with Crippen molar-refractivity contribution in [1.29, 1.82) is 0 Å². The molecular weight excluding hydrogens is 306 g/mol. The van der Waals surface area contributed by atoms with Gasteiger partial charge in [-0.05, 0) is 30.7 Å². The third kappa shape index (κ3) is 3.53. The molecule has 2 heterocycles. The SMILES string of the molecule is COc1ccc(OC)c([C@H]2CCN(C(=O)CCn3cccn3)C2)c1. The molecule has 1 aliphatic heterocycles. The molecule has 0 radical (unpaired) electrons. The second-order valence-electron chi connectivity index (χ2n) is 5.95. The molecule has 1 amide bonds. The largest absolute Gasteiger partial charge is 0.497 e. The van der Waals surface area contributed by atoms with Crippen molar-refractivity contribution in [3.8, 4) is 11.5 Å². The molecule has 0 saturated carbocycles. The maximum absolute atomic E-state index is 12.4. The minimum absolute atomic E-state index is 0.176. The van der Waals surface area contributed by atoms with E-state index in [1.807, 2.05) is 35.4 Å². The van der Waals surface area contributed by atoms with E-state index in [1.54, 1.807) is 25.1 Å². The second kappa shape index (κ2) is 7.38. The van der Waals surface area contributed by atoms with Gasteiger partial charge in [-0.15, -0.1) is 0 Å². The van der Waals surface area contributed by atoms with Gasteiger partial charge >= 0.3 is 0 Å². The van der Waals surface area contributed by atoms with Crippen molar-refractivity contribution in [2.45, 2.75) is 25.3 Å². The lowest BCUT2D eigenvalue weighted by Gasteiger charge is -2.18. The number of aromatic nitrogens is 2. The fraction of sp³-hybridized carbons (Fsp3) is 0.444.